The molecule has 1 fully saturated rings. The predicted octanol–water partition coefficient (Wildman–Crippen LogP) is 6.32. The number of hydrogen-bond acceptors (Lipinski definition) is 9. The molecule has 256 valence electrons. The topological polar surface area (TPSA) is 131 Å². The summed E-state index contributed by atoms with van der Waals surface area (Å²) in [5.41, 5.74) is -0.0153. The Balaban J connectivity index is 2.36. The lowest BCUT2D eigenvalue weighted by atomic mass is 9.62. The number of rotatable bonds is 18. The summed E-state index contributed by atoms with van der Waals surface area (Å²) in [4.78, 5) is 36.2. The van der Waals surface area contributed by atoms with Crippen molar-refractivity contribution in [3.05, 3.63) is 12.2 Å². The molecule has 0 saturated heterocycles. The van der Waals surface area contributed by atoms with Crippen molar-refractivity contribution in [3.8, 4) is 0 Å². The Morgan fingerprint density at radius 1 is 0.818 bits per heavy atom. The van der Waals surface area contributed by atoms with Crippen LogP contribution in [0.25, 0.3) is 0 Å². The van der Waals surface area contributed by atoms with E-state index in [9.17, 15) is 14.4 Å². The Bertz CT molecular complexity index is 970. The maximum atomic E-state index is 12.6. The summed E-state index contributed by atoms with van der Waals surface area (Å²) in [5, 5.41) is 5.82. The highest BCUT2D eigenvalue weighted by Gasteiger charge is 2.42. The maximum Gasteiger partial charge on any atom is 0.407 e. The Kier molecular flexibility index (Phi) is 15.8. The lowest BCUT2D eigenvalue weighted by molar-refractivity contribution is -0.139. The van der Waals surface area contributed by atoms with E-state index in [1.807, 2.05) is 0 Å². The molecule has 0 aromatic carbocycles. The fourth-order valence-corrected chi connectivity index (χ4v) is 19.3. The number of esters is 1. The number of hydrogen-bond donors (Lipinski definition) is 2. The lowest BCUT2D eigenvalue weighted by Gasteiger charge is -2.46. The molecule has 0 radical (unpaired) electrons. The van der Waals surface area contributed by atoms with E-state index in [2.05, 4.69) is 83.8 Å². The van der Waals surface area contributed by atoms with Gasteiger partial charge in [-0.3, -0.25) is 0 Å². The van der Waals surface area contributed by atoms with Crippen LogP contribution in [-0.4, -0.2) is 89.0 Å². The molecule has 2 amide bonds. The van der Waals surface area contributed by atoms with Crippen LogP contribution in [0.2, 0.25) is 51.9 Å². The van der Waals surface area contributed by atoms with Gasteiger partial charge in [-0.15, -0.1) is 0 Å². The van der Waals surface area contributed by atoms with Crippen LogP contribution in [0.4, 0.5) is 9.59 Å². The van der Waals surface area contributed by atoms with Crippen LogP contribution in [-0.2, 0) is 32.0 Å². The van der Waals surface area contributed by atoms with Gasteiger partial charge < -0.3 is 37.8 Å². The van der Waals surface area contributed by atoms with Crippen molar-refractivity contribution in [1.82, 2.24) is 10.6 Å². The Morgan fingerprint density at radius 3 is 2.02 bits per heavy atom. The summed E-state index contributed by atoms with van der Waals surface area (Å²) in [5.74, 6) is -0.521. The minimum atomic E-state index is -2.15. The molecule has 0 bridgehead atoms. The van der Waals surface area contributed by atoms with E-state index in [1.54, 1.807) is 6.92 Å². The van der Waals surface area contributed by atoms with Crippen LogP contribution in [0, 0.1) is 10.8 Å². The van der Waals surface area contributed by atoms with E-state index in [1.165, 1.54) is 0 Å². The van der Waals surface area contributed by atoms with Crippen molar-refractivity contribution in [2.24, 2.45) is 10.8 Å². The second-order valence-corrected chi connectivity index (χ2v) is 27.8. The van der Waals surface area contributed by atoms with Gasteiger partial charge in [0.2, 0.25) is 0 Å². The standard InChI is InChI=1S/C30H60N2O9Si3/c1-24(2)26(33)37-17-18-38-27(34)31-23-30(5)21-25(20-29(3,4)22-30)32-28(35)39-16-15-36-14-13-19-43(9,10)41-44(11,12)40-42(6,7)8/h25H,1,13-23H2,2-12H3,(H,31,34)(H,32,35). The molecule has 0 heterocycles. The molecule has 0 aromatic heterocycles. The minimum absolute atomic E-state index is 0.0360. The van der Waals surface area contributed by atoms with Crippen molar-refractivity contribution in [2.45, 2.75) is 111 Å². The summed E-state index contributed by atoms with van der Waals surface area (Å²) in [6.07, 6.45) is 2.20. The van der Waals surface area contributed by atoms with Gasteiger partial charge in [0.05, 0.1) is 6.61 Å². The van der Waals surface area contributed by atoms with Gasteiger partial charge in [-0.2, -0.15) is 0 Å². The highest BCUT2D eigenvalue weighted by Crippen LogP contribution is 2.45. The Labute approximate surface area is 269 Å². The van der Waals surface area contributed by atoms with Gasteiger partial charge in [0.1, 0.15) is 19.8 Å². The largest absolute Gasteiger partial charge is 0.459 e. The zero-order chi connectivity index (χ0) is 33.8. The number of carbonyl (C=O) groups is 3. The number of ether oxygens (including phenoxy) is 4. The third-order valence-corrected chi connectivity index (χ3v) is 17.1. The molecular formula is C30H60N2O9Si3. The first-order valence-corrected chi connectivity index (χ1v) is 25.0. The molecule has 1 aliphatic carbocycles. The first kappa shape index (κ1) is 40.3. The van der Waals surface area contributed by atoms with E-state index in [-0.39, 0.29) is 42.3 Å². The monoisotopic (exact) mass is 676 g/mol. The minimum Gasteiger partial charge on any atom is -0.459 e. The molecule has 11 nitrogen and oxygen atoms in total. The van der Waals surface area contributed by atoms with Crippen LogP contribution in [0.1, 0.15) is 53.4 Å². The fraction of sp³-hybridized carbons (Fsp3) is 0.833. The molecule has 0 spiro atoms. The second kappa shape index (κ2) is 17.3. The fourth-order valence-electron chi connectivity index (χ4n) is 6.18. The maximum absolute atomic E-state index is 12.6. The molecule has 1 rings (SSSR count). The molecule has 1 saturated carbocycles. The van der Waals surface area contributed by atoms with Gasteiger partial charge in [0.25, 0.3) is 0 Å². The number of amides is 2. The average Bonchev–Trinajstić information content (AvgIpc) is 2.81. The molecule has 0 aliphatic heterocycles. The lowest BCUT2D eigenvalue weighted by Crippen LogP contribution is -2.51. The van der Waals surface area contributed by atoms with Crippen molar-refractivity contribution in [2.75, 3.05) is 39.6 Å². The van der Waals surface area contributed by atoms with E-state index < -0.39 is 43.4 Å². The third kappa shape index (κ3) is 18.3. The van der Waals surface area contributed by atoms with Gasteiger partial charge in [0, 0.05) is 24.8 Å². The highest BCUT2D eigenvalue weighted by atomic mass is 28.5. The van der Waals surface area contributed by atoms with Crippen molar-refractivity contribution >= 4 is 43.4 Å². The molecule has 2 N–H and O–H groups in total. The zero-order valence-electron chi connectivity index (χ0n) is 29.2. The molecule has 14 heteroatoms. The van der Waals surface area contributed by atoms with Gasteiger partial charge in [0.15, 0.2) is 16.6 Å². The van der Waals surface area contributed by atoms with Crippen molar-refractivity contribution in [1.29, 1.82) is 0 Å². The predicted molar refractivity (Wildman–Crippen MR) is 180 cm³/mol. The molecule has 1 aliphatic rings. The highest BCUT2D eigenvalue weighted by molar-refractivity contribution is 6.87. The van der Waals surface area contributed by atoms with Gasteiger partial charge >= 0.3 is 26.7 Å². The zero-order valence-corrected chi connectivity index (χ0v) is 32.2. The first-order valence-electron chi connectivity index (χ1n) is 15.7. The Morgan fingerprint density at radius 2 is 1.41 bits per heavy atom. The van der Waals surface area contributed by atoms with Crippen LogP contribution in [0.3, 0.4) is 0 Å². The average molecular weight is 677 g/mol. The second-order valence-electron chi connectivity index (χ2n) is 15.1. The normalized spacial score (nSPS) is 20.4. The van der Waals surface area contributed by atoms with Crippen molar-refractivity contribution < 1.29 is 41.6 Å². The molecule has 2 atom stereocenters. The van der Waals surface area contributed by atoms with E-state index in [0.717, 1.165) is 25.3 Å². The van der Waals surface area contributed by atoms with Crippen LogP contribution in [0.15, 0.2) is 12.2 Å². The van der Waals surface area contributed by atoms with Crippen molar-refractivity contribution in [3.63, 3.8) is 0 Å². The van der Waals surface area contributed by atoms with Crippen LogP contribution >= 0.6 is 0 Å². The smallest absolute Gasteiger partial charge is 0.407 e. The van der Waals surface area contributed by atoms with Crippen LogP contribution in [0.5, 0.6) is 0 Å². The summed E-state index contributed by atoms with van der Waals surface area (Å²) in [6, 6.07) is 0.884. The van der Waals surface area contributed by atoms with Gasteiger partial charge in [-0.25, -0.2) is 14.4 Å². The number of nitrogens with one attached hydrogen (secondary N) is 2. The molecule has 0 aromatic rings. The summed E-state index contributed by atoms with van der Waals surface area (Å²) in [7, 11) is -5.66. The third-order valence-electron chi connectivity index (χ3n) is 6.93. The SMILES string of the molecule is C=C(C)C(=O)OCCOC(=O)NCC1(C)CC(NC(=O)OCCOCCC[Si](C)(C)O[Si](C)(C)O[Si](C)(C)C)CC(C)(C)C1. The summed E-state index contributed by atoms with van der Waals surface area (Å²) < 4.78 is 34.0. The molecule has 2 unspecified atom stereocenters. The quantitative estimate of drug-likeness (QED) is 0.0563. The molecule has 44 heavy (non-hydrogen) atoms. The summed E-state index contributed by atoms with van der Waals surface area (Å²) >= 11 is 0. The number of alkyl carbamates (subject to hydrolysis) is 2. The Hall–Kier alpha value is -1.72. The van der Waals surface area contributed by atoms with E-state index >= 15 is 0 Å². The van der Waals surface area contributed by atoms with E-state index in [0.29, 0.717) is 26.2 Å². The van der Waals surface area contributed by atoms with Crippen LogP contribution < -0.4 is 10.6 Å². The summed E-state index contributed by atoms with van der Waals surface area (Å²) in [6.45, 7) is 28.2. The number of carbonyl (C=O) groups excluding carboxylic acids is 3. The molecular weight excluding hydrogens is 617 g/mol. The van der Waals surface area contributed by atoms with Gasteiger partial charge in [-0.1, -0.05) is 27.4 Å². The van der Waals surface area contributed by atoms with Gasteiger partial charge in [-0.05, 0) is 95.3 Å². The van der Waals surface area contributed by atoms with E-state index in [4.69, 9.17) is 27.2 Å². The first-order chi connectivity index (χ1) is 20.0.